The zero-order chi connectivity index (χ0) is 13.4. The molecule has 0 spiro atoms. The van der Waals surface area contributed by atoms with Crippen molar-refractivity contribution in [1.29, 1.82) is 0 Å². The van der Waals surface area contributed by atoms with Crippen molar-refractivity contribution in [3.63, 3.8) is 0 Å². The number of aromatic nitrogens is 1. The molecule has 5 heteroatoms. The largest absolute Gasteiger partial charge is 0.380 e. The highest BCUT2D eigenvalue weighted by Crippen LogP contribution is 2.04. The number of hydrogen-bond donors (Lipinski definition) is 1. The van der Waals surface area contributed by atoms with E-state index >= 15 is 0 Å². The molecule has 0 fully saturated rings. The van der Waals surface area contributed by atoms with Crippen molar-refractivity contribution in [2.24, 2.45) is 5.73 Å². The lowest BCUT2D eigenvalue weighted by atomic mass is 10.2. The predicted octanol–water partition coefficient (Wildman–Crippen LogP) is 1.04. The van der Waals surface area contributed by atoms with E-state index in [-0.39, 0.29) is 5.91 Å². The molecule has 2 N–H and O–H groups in total. The highest BCUT2D eigenvalue weighted by atomic mass is 16.5. The van der Waals surface area contributed by atoms with Crippen LogP contribution in [0, 0.1) is 0 Å². The van der Waals surface area contributed by atoms with Crippen LogP contribution in [0.3, 0.4) is 0 Å². The Kier molecular flexibility index (Phi) is 6.32. The molecule has 5 nitrogen and oxygen atoms in total. The van der Waals surface area contributed by atoms with E-state index in [0.717, 1.165) is 5.56 Å². The van der Waals surface area contributed by atoms with Gasteiger partial charge in [0.1, 0.15) is 5.69 Å². The van der Waals surface area contributed by atoms with Gasteiger partial charge in [0.25, 0.3) is 5.91 Å². The standard InChI is InChI=1S/C13H21N3O2/c1-3-16(7-8-18-4-2)13(17)12-6-5-11(9-14)10-15-12/h5-6,10H,3-4,7-9,14H2,1-2H3. The van der Waals surface area contributed by atoms with Crippen LogP contribution in [0.25, 0.3) is 0 Å². The molecule has 0 aromatic carbocycles. The Balaban J connectivity index is 2.64. The summed E-state index contributed by atoms with van der Waals surface area (Å²) in [6.45, 7) is 6.76. The van der Waals surface area contributed by atoms with Crippen LogP contribution in [0.5, 0.6) is 0 Å². The van der Waals surface area contributed by atoms with Crippen molar-refractivity contribution in [3.05, 3.63) is 29.6 Å². The van der Waals surface area contributed by atoms with Crippen LogP contribution in [0.4, 0.5) is 0 Å². The molecule has 1 rings (SSSR count). The normalized spacial score (nSPS) is 10.4. The first-order valence-corrected chi connectivity index (χ1v) is 6.24. The van der Waals surface area contributed by atoms with Crippen molar-refractivity contribution in [2.75, 3.05) is 26.3 Å². The van der Waals surface area contributed by atoms with Gasteiger partial charge >= 0.3 is 0 Å². The second-order valence-electron chi connectivity index (χ2n) is 3.84. The summed E-state index contributed by atoms with van der Waals surface area (Å²) >= 11 is 0. The second-order valence-corrected chi connectivity index (χ2v) is 3.84. The van der Waals surface area contributed by atoms with E-state index in [1.165, 1.54) is 0 Å². The molecule has 0 aliphatic carbocycles. The summed E-state index contributed by atoms with van der Waals surface area (Å²) in [7, 11) is 0. The Labute approximate surface area is 108 Å². The molecule has 0 radical (unpaired) electrons. The number of nitrogens with two attached hydrogens (primary N) is 1. The van der Waals surface area contributed by atoms with Gasteiger partial charge in [-0.2, -0.15) is 0 Å². The van der Waals surface area contributed by atoms with E-state index in [2.05, 4.69) is 4.98 Å². The van der Waals surface area contributed by atoms with Gasteiger partial charge in [0, 0.05) is 32.4 Å². The van der Waals surface area contributed by atoms with Crippen LogP contribution >= 0.6 is 0 Å². The Morgan fingerprint density at radius 2 is 2.22 bits per heavy atom. The summed E-state index contributed by atoms with van der Waals surface area (Å²) in [6, 6.07) is 3.55. The SMILES string of the molecule is CCOCCN(CC)C(=O)c1ccc(CN)cn1. The molecule has 1 aromatic heterocycles. The monoisotopic (exact) mass is 251 g/mol. The fourth-order valence-electron chi connectivity index (χ4n) is 1.56. The van der Waals surface area contributed by atoms with Gasteiger partial charge in [0.2, 0.25) is 0 Å². The third-order valence-corrected chi connectivity index (χ3v) is 2.66. The average molecular weight is 251 g/mol. The lowest BCUT2D eigenvalue weighted by Crippen LogP contribution is -2.34. The van der Waals surface area contributed by atoms with Gasteiger partial charge in [-0.1, -0.05) is 6.07 Å². The lowest BCUT2D eigenvalue weighted by Gasteiger charge is -2.20. The summed E-state index contributed by atoms with van der Waals surface area (Å²) in [5, 5.41) is 0. The molecular formula is C13H21N3O2. The number of carbonyl (C=O) groups excluding carboxylic acids is 1. The quantitative estimate of drug-likeness (QED) is 0.735. The van der Waals surface area contributed by atoms with Gasteiger partial charge in [-0.15, -0.1) is 0 Å². The smallest absolute Gasteiger partial charge is 0.272 e. The molecule has 100 valence electrons. The van der Waals surface area contributed by atoms with Gasteiger partial charge in [-0.05, 0) is 25.5 Å². The first kappa shape index (κ1) is 14.6. The van der Waals surface area contributed by atoms with Gasteiger partial charge in [0.15, 0.2) is 0 Å². The predicted molar refractivity (Wildman–Crippen MR) is 70.2 cm³/mol. The number of hydrogen-bond acceptors (Lipinski definition) is 4. The summed E-state index contributed by atoms with van der Waals surface area (Å²) in [6.07, 6.45) is 1.64. The number of pyridine rings is 1. The van der Waals surface area contributed by atoms with E-state index in [0.29, 0.717) is 38.5 Å². The van der Waals surface area contributed by atoms with Crippen LogP contribution in [0.1, 0.15) is 29.9 Å². The van der Waals surface area contributed by atoms with E-state index in [1.807, 2.05) is 19.9 Å². The zero-order valence-corrected chi connectivity index (χ0v) is 11.1. The summed E-state index contributed by atoms with van der Waals surface area (Å²) in [5.74, 6) is -0.0687. The molecule has 0 atom stereocenters. The summed E-state index contributed by atoms with van der Waals surface area (Å²) in [5.41, 5.74) is 6.86. The molecule has 0 unspecified atom stereocenters. The van der Waals surface area contributed by atoms with Crippen molar-refractivity contribution in [2.45, 2.75) is 20.4 Å². The molecule has 0 bridgehead atoms. The maximum Gasteiger partial charge on any atom is 0.272 e. The highest BCUT2D eigenvalue weighted by Gasteiger charge is 2.14. The maximum atomic E-state index is 12.1. The fraction of sp³-hybridized carbons (Fsp3) is 0.538. The van der Waals surface area contributed by atoms with Crippen LogP contribution in [-0.4, -0.2) is 42.1 Å². The van der Waals surface area contributed by atoms with E-state index < -0.39 is 0 Å². The van der Waals surface area contributed by atoms with Crippen LogP contribution < -0.4 is 5.73 Å². The number of nitrogens with zero attached hydrogens (tertiary/aromatic N) is 2. The molecule has 0 saturated heterocycles. The molecule has 18 heavy (non-hydrogen) atoms. The number of ether oxygens (including phenoxy) is 1. The Morgan fingerprint density at radius 3 is 2.72 bits per heavy atom. The molecule has 1 aromatic rings. The number of amides is 1. The van der Waals surface area contributed by atoms with Crippen molar-refractivity contribution in [1.82, 2.24) is 9.88 Å². The minimum atomic E-state index is -0.0687. The van der Waals surface area contributed by atoms with E-state index in [4.69, 9.17) is 10.5 Å². The Morgan fingerprint density at radius 1 is 1.44 bits per heavy atom. The first-order valence-electron chi connectivity index (χ1n) is 6.24. The number of likely N-dealkylation sites (N-methyl/N-ethyl adjacent to an activating group) is 1. The Hall–Kier alpha value is -1.46. The first-order chi connectivity index (χ1) is 8.72. The topological polar surface area (TPSA) is 68.5 Å². The van der Waals surface area contributed by atoms with Gasteiger partial charge in [0.05, 0.1) is 6.61 Å². The second kappa shape index (κ2) is 7.79. The third-order valence-electron chi connectivity index (χ3n) is 2.66. The Bertz CT molecular complexity index is 365. The van der Waals surface area contributed by atoms with Gasteiger partial charge in [-0.25, -0.2) is 0 Å². The number of rotatable bonds is 7. The molecule has 1 heterocycles. The molecule has 0 aliphatic heterocycles. The summed E-state index contributed by atoms with van der Waals surface area (Å²) < 4.78 is 5.26. The molecule has 0 saturated carbocycles. The molecular weight excluding hydrogens is 230 g/mol. The maximum absolute atomic E-state index is 12.1. The molecule has 0 aliphatic rings. The van der Waals surface area contributed by atoms with Crippen LogP contribution in [0.2, 0.25) is 0 Å². The van der Waals surface area contributed by atoms with Crippen molar-refractivity contribution in [3.8, 4) is 0 Å². The molecule has 1 amide bonds. The van der Waals surface area contributed by atoms with Crippen molar-refractivity contribution >= 4 is 5.91 Å². The van der Waals surface area contributed by atoms with E-state index in [1.54, 1.807) is 17.2 Å². The van der Waals surface area contributed by atoms with Crippen LogP contribution in [-0.2, 0) is 11.3 Å². The number of carbonyl (C=O) groups is 1. The summed E-state index contributed by atoms with van der Waals surface area (Å²) in [4.78, 5) is 18.0. The van der Waals surface area contributed by atoms with E-state index in [9.17, 15) is 4.79 Å². The van der Waals surface area contributed by atoms with Crippen LogP contribution in [0.15, 0.2) is 18.3 Å². The third kappa shape index (κ3) is 4.09. The van der Waals surface area contributed by atoms with Gasteiger partial charge in [-0.3, -0.25) is 9.78 Å². The fourth-order valence-corrected chi connectivity index (χ4v) is 1.56. The van der Waals surface area contributed by atoms with Gasteiger partial charge < -0.3 is 15.4 Å². The minimum Gasteiger partial charge on any atom is -0.380 e. The average Bonchev–Trinajstić information content (AvgIpc) is 2.43. The van der Waals surface area contributed by atoms with Crippen molar-refractivity contribution < 1.29 is 9.53 Å². The highest BCUT2D eigenvalue weighted by molar-refractivity contribution is 5.92. The minimum absolute atomic E-state index is 0.0687. The zero-order valence-electron chi connectivity index (χ0n) is 11.1. The lowest BCUT2D eigenvalue weighted by molar-refractivity contribution is 0.0664.